The largest absolute Gasteiger partial charge is 0.339 e. The summed E-state index contributed by atoms with van der Waals surface area (Å²) < 4.78 is 0. The quantitative estimate of drug-likeness (QED) is 0.826. The van der Waals surface area contributed by atoms with E-state index in [0.717, 1.165) is 32.6 Å². The van der Waals surface area contributed by atoms with Gasteiger partial charge in [0, 0.05) is 37.6 Å². The number of carbonyl (C=O) groups excluding carboxylic acids is 1. The molecule has 0 spiro atoms. The van der Waals surface area contributed by atoms with Crippen LogP contribution in [0.25, 0.3) is 0 Å². The van der Waals surface area contributed by atoms with Gasteiger partial charge in [0.1, 0.15) is 0 Å². The molecule has 0 saturated carbocycles. The van der Waals surface area contributed by atoms with E-state index in [1.54, 1.807) is 0 Å². The van der Waals surface area contributed by atoms with Crippen molar-refractivity contribution in [2.24, 2.45) is 0 Å². The summed E-state index contributed by atoms with van der Waals surface area (Å²) in [7, 11) is 2.13. The molecule has 1 atom stereocenters. The van der Waals surface area contributed by atoms with Crippen LogP contribution in [0.15, 0.2) is 0 Å². The van der Waals surface area contributed by atoms with Gasteiger partial charge in [-0.3, -0.25) is 4.79 Å². The second kappa shape index (κ2) is 6.53. The molecule has 18 heavy (non-hydrogen) atoms. The molecular formula is C14H29N3O. The van der Waals surface area contributed by atoms with E-state index in [-0.39, 0.29) is 11.4 Å². The maximum atomic E-state index is 12.2. The summed E-state index contributed by atoms with van der Waals surface area (Å²) in [5.74, 6) is 0.287. The molecule has 1 aliphatic heterocycles. The summed E-state index contributed by atoms with van der Waals surface area (Å²) >= 11 is 0. The zero-order chi connectivity index (χ0) is 13.8. The van der Waals surface area contributed by atoms with Crippen molar-refractivity contribution in [3.8, 4) is 0 Å². The molecule has 1 N–H and O–H groups in total. The van der Waals surface area contributed by atoms with Gasteiger partial charge in [-0.05, 0) is 47.7 Å². The lowest BCUT2D eigenvalue weighted by molar-refractivity contribution is -0.132. The number of likely N-dealkylation sites (N-methyl/N-ethyl adjacent to an activating group) is 1. The van der Waals surface area contributed by atoms with Gasteiger partial charge in [-0.2, -0.15) is 0 Å². The lowest BCUT2D eigenvalue weighted by atomic mass is 10.1. The van der Waals surface area contributed by atoms with E-state index in [2.05, 4.69) is 45.0 Å². The molecule has 4 nitrogen and oxygen atoms in total. The van der Waals surface area contributed by atoms with E-state index in [4.69, 9.17) is 0 Å². The van der Waals surface area contributed by atoms with Crippen LogP contribution in [0.3, 0.4) is 0 Å². The van der Waals surface area contributed by atoms with Crippen molar-refractivity contribution < 1.29 is 4.79 Å². The number of amides is 1. The fourth-order valence-electron chi connectivity index (χ4n) is 2.43. The fourth-order valence-corrected chi connectivity index (χ4v) is 2.43. The predicted molar refractivity (Wildman–Crippen MR) is 75.7 cm³/mol. The van der Waals surface area contributed by atoms with Crippen molar-refractivity contribution in [2.75, 3.05) is 33.2 Å². The standard InChI is InChI=1S/C14H29N3O/c1-12-11-16(5)9-6-10-17(12)13(18)7-8-15-14(2,3)4/h12,15H,6-11H2,1-5H3. The molecule has 1 fully saturated rings. The Bertz CT molecular complexity index is 273. The van der Waals surface area contributed by atoms with Gasteiger partial charge in [0.2, 0.25) is 5.91 Å². The van der Waals surface area contributed by atoms with Gasteiger partial charge in [-0.1, -0.05) is 0 Å². The highest BCUT2D eigenvalue weighted by molar-refractivity contribution is 5.76. The van der Waals surface area contributed by atoms with Gasteiger partial charge in [0.15, 0.2) is 0 Å². The minimum absolute atomic E-state index is 0.0882. The summed E-state index contributed by atoms with van der Waals surface area (Å²) in [6.45, 7) is 12.3. The smallest absolute Gasteiger partial charge is 0.224 e. The van der Waals surface area contributed by atoms with Crippen molar-refractivity contribution in [2.45, 2.75) is 52.1 Å². The first-order valence-electron chi connectivity index (χ1n) is 7.02. The molecule has 4 heteroatoms. The summed E-state index contributed by atoms with van der Waals surface area (Å²) in [6, 6.07) is 0.333. The average Bonchev–Trinajstić information content (AvgIpc) is 2.37. The molecule has 1 heterocycles. The van der Waals surface area contributed by atoms with Crippen molar-refractivity contribution in [1.29, 1.82) is 0 Å². The summed E-state index contributed by atoms with van der Waals surface area (Å²) in [5, 5.41) is 3.37. The second-order valence-electron chi connectivity index (χ2n) is 6.48. The van der Waals surface area contributed by atoms with E-state index in [1.165, 1.54) is 0 Å². The number of nitrogens with zero attached hydrogens (tertiary/aromatic N) is 2. The van der Waals surface area contributed by atoms with Crippen molar-refractivity contribution in [1.82, 2.24) is 15.1 Å². The van der Waals surface area contributed by atoms with Gasteiger partial charge < -0.3 is 15.1 Å². The maximum absolute atomic E-state index is 12.2. The average molecular weight is 255 g/mol. The molecule has 1 aliphatic rings. The van der Waals surface area contributed by atoms with Crippen molar-refractivity contribution in [3.05, 3.63) is 0 Å². The molecule has 1 amide bonds. The molecule has 0 aromatic rings. The van der Waals surface area contributed by atoms with Crippen LogP contribution in [0.4, 0.5) is 0 Å². The van der Waals surface area contributed by atoms with Crippen molar-refractivity contribution in [3.63, 3.8) is 0 Å². The third-order valence-electron chi connectivity index (χ3n) is 3.36. The van der Waals surface area contributed by atoms with E-state index in [0.29, 0.717) is 12.5 Å². The van der Waals surface area contributed by atoms with Gasteiger partial charge in [0.05, 0.1) is 0 Å². The number of nitrogens with one attached hydrogen (secondary N) is 1. The summed E-state index contributed by atoms with van der Waals surface area (Å²) in [6.07, 6.45) is 1.69. The van der Waals surface area contributed by atoms with E-state index < -0.39 is 0 Å². The molecule has 0 aromatic carbocycles. The third kappa shape index (κ3) is 5.36. The molecule has 0 aromatic heterocycles. The molecular weight excluding hydrogens is 226 g/mol. The highest BCUT2D eigenvalue weighted by atomic mass is 16.2. The van der Waals surface area contributed by atoms with Crippen LogP contribution < -0.4 is 5.32 Å². The first-order valence-corrected chi connectivity index (χ1v) is 7.02. The van der Waals surface area contributed by atoms with Crippen LogP contribution in [-0.4, -0.2) is 60.5 Å². The SMILES string of the molecule is CC1CN(C)CCCN1C(=O)CCNC(C)(C)C. The number of hydrogen-bond donors (Lipinski definition) is 1. The number of carbonyl (C=O) groups is 1. The van der Waals surface area contributed by atoms with E-state index >= 15 is 0 Å². The minimum atomic E-state index is 0.0882. The molecule has 1 unspecified atom stereocenters. The number of rotatable bonds is 3. The zero-order valence-corrected chi connectivity index (χ0v) is 12.6. The van der Waals surface area contributed by atoms with Gasteiger partial charge in [-0.25, -0.2) is 0 Å². The Kier molecular flexibility index (Phi) is 5.60. The number of hydrogen-bond acceptors (Lipinski definition) is 3. The monoisotopic (exact) mass is 255 g/mol. The molecule has 0 bridgehead atoms. The molecule has 106 valence electrons. The topological polar surface area (TPSA) is 35.6 Å². The summed E-state index contributed by atoms with van der Waals surface area (Å²) in [5.41, 5.74) is 0.0882. The van der Waals surface area contributed by atoms with E-state index in [9.17, 15) is 4.79 Å². The molecule has 0 radical (unpaired) electrons. The van der Waals surface area contributed by atoms with Crippen LogP contribution >= 0.6 is 0 Å². The lowest BCUT2D eigenvalue weighted by Crippen LogP contribution is -2.44. The predicted octanol–water partition coefficient (Wildman–Crippen LogP) is 1.32. The van der Waals surface area contributed by atoms with Gasteiger partial charge in [0.25, 0.3) is 0 Å². The first kappa shape index (κ1) is 15.4. The second-order valence-corrected chi connectivity index (χ2v) is 6.48. The van der Waals surface area contributed by atoms with Crippen LogP contribution in [-0.2, 0) is 4.79 Å². The Morgan fingerprint density at radius 2 is 2.00 bits per heavy atom. The van der Waals surface area contributed by atoms with Crippen LogP contribution in [0.2, 0.25) is 0 Å². The Hall–Kier alpha value is -0.610. The summed E-state index contributed by atoms with van der Waals surface area (Å²) in [4.78, 5) is 16.6. The Balaban J connectivity index is 2.40. The maximum Gasteiger partial charge on any atom is 0.224 e. The van der Waals surface area contributed by atoms with Crippen LogP contribution in [0, 0.1) is 0 Å². The molecule has 1 rings (SSSR count). The fraction of sp³-hybridized carbons (Fsp3) is 0.929. The molecule has 1 saturated heterocycles. The van der Waals surface area contributed by atoms with E-state index in [1.807, 2.05) is 4.90 Å². The van der Waals surface area contributed by atoms with Crippen LogP contribution in [0.1, 0.15) is 40.5 Å². The van der Waals surface area contributed by atoms with Gasteiger partial charge in [-0.15, -0.1) is 0 Å². The Morgan fingerprint density at radius 3 is 2.61 bits per heavy atom. The van der Waals surface area contributed by atoms with Gasteiger partial charge >= 0.3 is 0 Å². The molecule has 0 aliphatic carbocycles. The Morgan fingerprint density at radius 1 is 1.33 bits per heavy atom. The lowest BCUT2D eigenvalue weighted by Gasteiger charge is -2.29. The highest BCUT2D eigenvalue weighted by Gasteiger charge is 2.23. The van der Waals surface area contributed by atoms with Crippen LogP contribution in [0.5, 0.6) is 0 Å². The Labute approximate surface area is 112 Å². The zero-order valence-electron chi connectivity index (χ0n) is 12.6. The third-order valence-corrected chi connectivity index (χ3v) is 3.36. The van der Waals surface area contributed by atoms with Crippen molar-refractivity contribution >= 4 is 5.91 Å². The minimum Gasteiger partial charge on any atom is -0.339 e. The highest BCUT2D eigenvalue weighted by Crippen LogP contribution is 2.10. The normalized spacial score (nSPS) is 22.9. The first-order chi connectivity index (χ1) is 8.29.